The summed E-state index contributed by atoms with van der Waals surface area (Å²) in [5.74, 6) is 0.158. The molecule has 1 atom stereocenters. The number of sulfone groups is 1. The Morgan fingerprint density at radius 3 is 2.25 bits per heavy atom. The molecule has 28 heavy (non-hydrogen) atoms. The van der Waals surface area contributed by atoms with Crippen molar-refractivity contribution < 1.29 is 13.2 Å². The van der Waals surface area contributed by atoms with Crippen LogP contribution in [-0.4, -0.2) is 36.9 Å². The van der Waals surface area contributed by atoms with Crippen LogP contribution in [0.15, 0.2) is 54.6 Å². The highest BCUT2D eigenvalue weighted by Gasteiger charge is 2.34. The van der Waals surface area contributed by atoms with Crippen molar-refractivity contribution >= 4 is 21.6 Å². The van der Waals surface area contributed by atoms with Gasteiger partial charge in [0.25, 0.3) is 0 Å². The lowest BCUT2D eigenvalue weighted by Gasteiger charge is -2.29. The van der Waals surface area contributed by atoms with Crippen molar-refractivity contribution in [2.75, 3.05) is 16.8 Å². The summed E-state index contributed by atoms with van der Waals surface area (Å²) in [5.41, 5.74) is 2.96. The number of nitrogens with one attached hydrogen (secondary N) is 1. The summed E-state index contributed by atoms with van der Waals surface area (Å²) in [7, 11) is -3.09. The summed E-state index contributed by atoms with van der Waals surface area (Å²) in [6.07, 6.45) is 0.477. The van der Waals surface area contributed by atoms with Gasteiger partial charge in [0.1, 0.15) is 0 Å². The van der Waals surface area contributed by atoms with Gasteiger partial charge in [-0.3, -0.25) is 0 Å². The summed E-state index contributed by atoms with van der Waals surface area (Å²) >= 11 is 0. The minimum atomic E-state index is -3.09. The van der Waals surface area contributed by atoms with E-state index in [0.717, 1.165) is 5.56 Å². The number of nitrogens with zero attached hydrogens (tertiary/aromatic N) is 1. The van der Waals surface area contributed by atoms with Crippen LogP contribution >= 0.6 is 0 Å². The number of benzene rings is 2. The van der Waals surface area contributed by atoms with Crippen LogP contribution in [-0.2, 0) is 21.8 Å². The molecule has 2 aromatic carbocycles. The molecule has 150 valence electrons. The molecule has 1 saturated heterocycles. The zero-order chi connectivity index (χ0) is 20.4. The average Bonchev–Trinajstić information content (AvgIpc) is 2.99. The number of amides is 2. The molecule has 5 nitrogen and oxygen atoms in total. The smallest absolute Gasteiger partial charge is 0.316 e. The molecule has 1 aliphatic rings. The molecule has 0 aromatic heterocycles. The third-order valence-corrected chi connectivity index (χ3v) is 6.86. The Kier molecular flexibility index (Phi) is 5.79. The molecular formula is C22H28N2O3S. The van der Waals surface area contributed by atoms with Gasteiger partial charge in [-0.15, -0.1) is 0 Å². The predicted octanol–water partition coefficient (Wildman–Crippen LogP) is 4.21. The molecule has 0 radical (unpaired) electrons. The fourth-order valence-electron chi connectivity index (χ4n) is 3.41. The lowest BCUT2D eigenvalue weighted by atomic mass is 9.87. The Morgan fingerprint density at radius 2 is 1.71 bits per heavy atom. The SMILES string of the molecule is CC(C)(C)c1ccc(CN(C(=O)Nc2ccccc2)C2CCS(=O)(=O)C2)cc1. The fraction of sp³-hybridized carbons (Fsp3) is 0.409. The van der Waals surface area contributed by atoms with Crippen LogP contribution in [0.4, 0.5) is 10.5 Å². The van der Waals surface area contributed by atoms with Crippen molar-refractivity contribution in [1.82, 2.24) is 4.90 Å². The summed E-state index contributed by atoms with van der Waals surface area (Å²) in [5, 5.41) is 2.89. The van der Waals surface area contributed by atoms with Crippen molar-refractivity contribution in [2.45, 2.75) is 45.2 Å². The second-order valence-electron chi connectivity index (χ2n) is 8.43. The lowest BCUT2D eigenvalue weighted by molar-refractivity contribution is 0.190. The van der Waals surface area contributed by atoms with E-state index in [1.54, 1.807) is 4.90 Å². The number of anilines is 1. The first-order chi connectivity index (χ1) is 13.1. The van der Waals surface area contributed by atoms with E-state index in [4.69, 9.17) is 0 Å². The maximum absolute atomic E-state index is 13.0. The molecule has 0 spiro atoms. The van der Waals surface area contributed by atoms with Gasteiger partial charge in [-0.2, -0.15) is 0 Å². The highest BCUT2D eigenvalue weighted by atomic mass is 32.2. The van der Waals surface area contributed by atoms with Crippen LogP contribution in [0.5, 0.6) is 0 Å². The van der Waals surface area contributed by atoms with E-state index in [9.17, 15) is 13.2 Å². The highest BCUT2D eigenvalue weighted by molar-refractivity contribution is 7.91. The Balaban J connectivity index is 1.81. The number of para-hydroxylation sites is 1. The van der Waals surface area contributed by atoms with Gasteiger partial charge in [0.05, 0.1) is 11.5 Å². The zero-order valence-corrected chi connectivity index (χ0v) is 17.5. The normalized spacial score (nSPS) is 18.6. The van der Waals surface area contributed by atoms with Gasteiger partial charge in [-0.25, -0.2) is 13.2 Å². The minimum Gasteiger partial charge on any atom is -0.316 e. The Labute approximate surface area is 167 Å². The molecule has 1 unspecified atom stereocenters. The third kappa shape index (κ3) is 5.13. The van der Waals surface area contributed by atoms with E-state index in [1.165, 1.54) is 5.56 Å². The van der Waals surface area contributed by atoms with Gasteiger partial charge in [0.2, 0.25) is 0 Å². The fourth-order valence-corrected chi connectivity index (χ4v) is 5.14. The van der Waals surface area contributed by atoms with Crippen molar-refractivity contribution in [3.8, 4) is 0 Å². The largest absolute Gasteiger partial charge is 0.322 e. The molecule has 2 amide bonds. The minimum absolute atomic E-state index is 0.0231. The quantitative estimate of drug-likeness (QED) is 0.836. The monoisotopic (exact) mass is 400 g/mol. The van der Waals surface area contributed by atoms with Crippen molar-refractivity contribution in [3.05, 3.63) is 65.7 Å². The van der Waals surface area contributed by atoms with Crippen molar-refractivity contribution in [2.24, 2.45) is 0 Å². The Hall–Kier alpha value is -2.34. The van der Waals surface area contributed by atoms with E-state index in [2.05, 4.69) is 38.2 Å². The van der Waals surface area contributed by atoms with Gasteiger partial charge in [-0.1, -0.05) is 63.2 Å². The first-order valence-corrected chi connectivity index (χ1v) is 11.4. The van der Waals surface area contributed by atoms with Crippen LogP contribution in [0.1, 0.15) is 38.3 Å². The number of carbonyl (C=O) groups is 1. The summed E-state index contributed by atoms with van der Waals surface area (Å²) < 4.78 is 24.0. The molecule has 1 N–H and O–H groups in total. The summed E-state index contributed by atoms with van der Waals surface area (Å²) in [6, 6.07) is 16.8. The predicted molar refractivity (Wildman–Crippen MR) is 113 cm³/mol. The lowest BCUT2D eigenvalue weighted by Crippen LogP contribution is -2.43. The van der Waals surface area contributed by atoms with Gasteiger partial charge in [0.15, 0.2) is 9.84 Å². The molecular weight excluding hydrogens is 372 g/mol. The van der Waals surface area contributed by atoms with Crippen molar-refractivity contribution in [1.29, 1.82) is 0 Å². The number of carbonyl (C=O) groups excluding carboxylic acids is 1. The standard InChI is InChI=1S/C22H28N2O3S/c1-22(2,3)18-11-9-17(10-12-18)15-24(20-13-14-28(26,27)16-20)21(25)23-19-7-5-4-6-8-19/h4-12,20H,13-16H2,1-3H3,(H,23,25). The molecule has 1 heterocycles. The van der Waals surface area contributed by atoms with E-state index < -0.39 is 9.84 Å². The average molecular weight is 401 g/mol. The Morgan fingerprint density at radius 1 is 1.07 bits per heavy atom. The van der Waals surface area contributed by atoms with Crippen LogP contribution in [0.3, 0.4) is 0 Å². The van der Waals surface area contributed by atoms with Crippen molar-refractivity contribution in [3.63, 3.8) is 0 Å². The number of rotatable bonds is 4. The van der Waals surface area contributed by atoms with E-state index in [1.807, 2.05) is 42.5 Å². The first-order valence-electron chi connectivity index (χ1n) is 9.56. The highest BCUT2D eigenvalue weighted by Crippen LogP contribution is 2.25. The Bertz CT molecular complexity index is 917. The molecule has 3 rings (SSSR count). The second-order valence-corrected chi connectivity index (χ2v) is 10.7. The van der Waals surface area contributed by atoms with E-state index in [0.29, 0.717) is 18.7 Å². The van der Waals surface area contributed by atoms with Gasteiger partial charge in [-0.05, 0) is 35.1 Å². The van der Waals surface area contributed by atoms with Gasteiger partial charge < -0.3 is 10.2 Å². The molecule has 0 bridgehead atoms. The topological polar surface area (TPSA) is 66.5 Å². The summed E-state index contributed by atoms with van der Waals surface area (Å²) in [6.45, 7) is 6.85. The number of urea groups is 1. The molecule has 1 aliphatic heterocycles. The van der Waals surface area contributed by atoms with Gasteiger partial charge in [0, 0.05) is 18.3 Å². The van der Waals surface area contributed by atoms with Crippen LogP contribution < -0.4 is 5.32 Å². The zero-order valence-electron chi connectivity index (χ0n) is 16.7. The molecule has 6 heteroatoms. The van der Waals surface area contributed by atoms with Crippen LogP contribution in [0.25, 0.3) is 0 Å². The first kappa shape index (κ1) is 20.4. The van der Waals surface area contributed by atoms with E-state index in [-0.39, 0.29) is 29.0 Å². The maximum Gasteiger partial charge on any atom is 0.322 e. The molecule has 2 aromatic rings. The molecule has 0 aliphatic carbocycles. The molecule has 0 saturated carbocycles. The van der Waals surface area contributed by atoms with Gasteiger partial charge >= 0.3 is 6.03 Å². The molecule has 1 fully saturated rings. The second kappa shape index (κ2) is 7.95. The van der Waals surface area contributed by atoms with Crippen LogP contribution in [0.2, 0.25) is 0 Å². The van der Waals surface area contributed by atoms with E-state index >= 15 is 0 Å². The third-order valence-electron chi connectivity index (χ3n) is 5.11. The maximum atomic E-state index is 13.0. The van der Waals surface area contributed by atoms with Crippen LogP contribution in [0, 0.1) is 0 Å². The summed E-state index contributed by atoms with van der Waals surface area (Å²) in [4.78, 5) is 14.6. The number of hydrogen-bond donors (Lipinski definition) is 1. The number of hydrogen-bond acceptors (Lipinski definition) is 3.